The van der Waals surface area contributed by atoms with Crippen LogP contribution in [0.4, 0.5) is 13.2 Å². The molecule has 2 aliphatic heterocycles. The second kappa shape index (κ2) is 8.02. The third-order valence-electron chi connectivity index (χ3n) is 5.08. The van der Waals surface area contributed by atoms with Gasteiger partial charge in [-0.1, -0.05) is 25.1 Å². The third kappa shape index (κ3) is 3.67. The molecule has 0 amide bonds. The lowest BCUT2D eigenvalue weighted by atomic mass is 9.80. The fourth-order valence-electron chi connectivity index (χ4n) is 3.41. The van der Waals surface area contributed by atoms with Crippen LogP contribution in [-0.4, -0.2) is 56.6 Å². The van der Waals surface area contributed by atoms with Gasteiger partial charge in [0.1, 0.15) is 10.8 Å². The van der Waals surface area contributed by atoms with Crippen LogP contribution in [-0.2, 0) is 19.5 Å². The molecule has 3 rings (SSSR count). The number of nitrogens with one attached hydrogen (secondary N) is 2. The summed E-state index contributed by atoms with van der Waals surface area (Å²) >= 11 is 1.22. The van der Waals surface area contributed by atoms with Crippen LogP contribution in [0.3, 0.4) is 0 Å². The van der Waals surface area contributed by atoms with Crippen molar-refractivity contribution in [3.05, 3.63) is 29.8 Å². The van der Waals surface area contributed by atoms with E-state index in [1.165, 1.54) is 36.2 Å². The minimum atomic E-state index is -4.75. The molecule has 1 aromatic carbocycles. The minimum Gasteiger partial charge on any atom is -0.452 e. The van der Waals surface area contributed by atoms with E-state index in [1.807, 2.05) is 0 Å². The van der Waals surface area contributed by atoms with Crippen molar-refractivity contribution in [2.24, 2.45) is 16.0 Å². The van der Waals surface area contributed by atoms with Gasteiger partial charge < -0.3 is 9.84 Å². The van der Waals surface area contributed by atoms with Crippen molar-refractivity contribution in [1.82, 2.24) is 10.1 Å². The Labute approximate surface area is 176 Å². The number of aliphatic hydroxyl groups excluding tert-OH is 1. The van der Waals surface area contributed by atoms with Crippen molar-refractivity contribution in [3.8, 4) is 0 Å². The molecule has 0 aliphatic carbocycles. The van der Waals surface area contributed by atoms with Crippen LogP contribution in [0.25, 0.3) is 0 Å². The second-order valence-electron chi connectivity index (χ2n) is 6.98. The zero-order chi connectivity index (χ0) is 22.2. The Morgan fingerprint density at radius 1 is 1.37 bits per heavy atom. The molecule has 0 bridgehead atoms. The molecule has 1 aromatic rings. The number of hydrogen-bond acceptors (Lipinski definition) is 8. The van der Waals surface area contributed by atoms with Gasteiger partial charge in [0.25, 0.3) is 0 Å². The topological polar surface area (TPSA) is 112 Å². The number of alkyl halides is 3. The molecular formula is C17H21F3N4O4S2. The number of benzene rings is 1. The highest BCUT2D eigenvalue weighted by molar-refractivity contribution is 8.01. The number of ether oxygens (including phenoxy) is 1. The molecule has 2 aliphatic rings. The molecule has 3 N–H and O–H groups in total. The number of thioether (sulfide) groups is 1. The zero-order valence-electron chi connectivity index (χ0n) is 16.0. The van der Waals surface area contributed by atoms with E-state index >= 15 is 0 Å². The third-order valence-corrected chi connectivity index (χ3v) is 8.04. The molecule has 0 saturated heterocycles. The maximum absolute atomic E-state index is 13.0. The average molecular weight is 467 g/mol. The Bertz CT molecular complexity index is 947. The minimum absolute atomic E-state index is 0.163. The van der Waals surface area contributed by atoms with Crippen molar-refractivity contribution in [2.45, 2.75) is 41.4 Å². The smallest absolute Gasteiger partial charge is 0.404 e. The van der Waals surface area contributed by atoms with Crippen LogP contribution < -0.4 is 10.1 Å². The molecule has 0 spiro atoms. The van der Waals surface area contributed by atoms with E-state index in [0.29, 0.717) is 0 Å². The maximum Gasteiger partial charge on any atom is 0.404 e. The number of aliphatic imine (C=N–C) groups is 1. The van der Waals surface area contributed by atoms with Gasteiger partial charge in [-0.05, 0) is 18.6 Å². The van der Waals surface area contributed by atoms with Gasteiger partial charge in [0.15, 0.2) is 6.40 Å². The van der Waals surface area contributed by atoms with Crippen LogP contribution >= 0.6 is 11.8 Å². The summed E-state index contributed by atoms with van der Waals surface area (Å²) in [6.45, 7) is 2.08. The molecule has 0 fully saturated rings. The largest absolute Gasteiger partial charge is 0.452 e. The number of nitrogens with zero attached hydrogens (tertiary/aromatic N) is 2. The van der Waals surface area contributed by atoms with Crippen LogP contribution in [0.2, 0.25) is 0 Å². The number of aliphatic hydroxyl groups is 1. The first-order chi connectivity index (χ1) is 14.0. The molecule has 0 saturated carbocycles. The molecule has 2 heterocycles. The molecular weight excluding hydrogens is 445 g/mol. The first-order valence-electron chi connectivity index (χ1n) is 8.91. The predicted octanol–water partition coefficient (Wildman–Crippen LogP) is 1.77. The van der Waals surface area contributed by atoms with E-state index in [4.69, 9.17) is 4.74 Å². The summed E-state index contributed by atoms with van der Waals surface area (Å²) in [4.78, 5) is 3.88. The Kier molecular flexibility index (Phi) is 6.11. The number of halogens is 3. The van der Waals surface area contributed by atoms with Crippen molar-refractivity contribution >= 4 is 34.4 Å². The van der Waals surface area contributed by atoms with Gasteiger partial charge in [0, 0.05) is 12.1 Å². The predicted molar refractivity (Wildman–Crippen MR) is 107 cm³/mol. The van der Waals surface area contributed by atoms with E-state index in [9.17, 15) is 26.7 Å². The summed E-state index contributed by atoms with van der Waals surface area (Å²) in [6, 6.07) is 3.42. The number of rotatable bonds is 7. The summed E-state index contributed by atoms with van der Waals surface area (Å²) in [7, 11) is -4.57. The van der Waals surface area contributed by atoms with Gasteiger partial charge in [0.2, 0.25) is 15.7 Å². The fourth-order valence-corrected chi connectivity index (χ4v) is 6.32. The zero-order valence-corrected chi connectivity index (χ0v) is 17.7. The summed E-state index contributed by atoms with van der Waals surface area (Å²) < 4.78 is 71.1. The first-order valence-corrected chi connectivity index (χ1v) is 11.4. The lowest BCUT2D eigenvalue weighted by molar-refractivity contribution is -0.147. The van der Waals surface area contributed by atoms with E-state index in [0.717, 1.165) is 13.3 Å². The van der Waals surface area contributed by atoms with Gasteiger partial charge in [-0.2, -0.15) is 17.9 Å². The Hall–Kier alpha value is -1.83. The molecule has 13 heteroatoms. The molecule has 4 unspecified atom stereocenters. The van der Waals surface area contributed by atoms with Crippen molar-refractivity contribution in [3.63, 3.8) is 0 Å². The maximum atomic E-state index is 13.0. The van der Waals surface area contributed by atoms with E-state index in [2.05, 4.69) is 15.5 Å². The van der Waals surface area contributed by atoms with Crippen LogP contribution in [0.5, 0.6) is 0 Å². The highest BCUT2D eigenvalue weighted by atomic mass is 32.2. The summed E-state index contributed by atoms with van der Waals surface area (Å²) in [5, 5.41) is 13.7. The molecule has 166 valence electrons. The quantitative estimate of drug-likeness (QED) is 0.565. The Balaban J connectivity index is 2.16. The van der Waals surface area contributed by atoms with Gasteiger partial charge in [-0.25, -0.2) is 8.42 Å². The van der Waals surface area contributed by atoms with Crippen molar-refractivity contribution in [1.29, 1.82) is 0 Å². The van der Waals surface area contributed by atoms with E-state index < -0.39 is 38.6 Å². The Morgan fingerprint density at radius 3 is 2.60 bits per heavy atom. The molecule has 30 heavy (non-hydrogen) atoms. The fraction of sp³-hybridized carbons (Fsp3) is 0.529. The van der Waals surface area contributed by atoms with Crippen LogP contribution in [0.1, 0.15) is 19.4 Å². The molecule has 0 aromatic heterocycles. The van der Waals surface area contributed by atoms with E-state index in [1.54, 1.807) is 17.7 Å². The van der Waals surface area contributed by atoms with Crippen molar-refractivity contribution in [2.75, 3.05) is 12.5 Å². The summed E-state index contributed by atoms with van der Waals surface area (Å²) in [6.07, 6.45) is -2.12. The standard InChI is InChI=1S/C17H21F3N4O4S2/c1-11(7-25)16(24-22-9-28-16)15(8-21-10-29-15)13-5-3-4-6-14(13)30(26,27)23-12(2)17(18,19)20/h3-6,8-9,11-12,23-25H,7,10H2,1-2H3. The summed E-state index contributed by atoms with van der Waals surface area (Å²) in [5.41, 5.74) is 1.58. The molecule has 8 nitrogen and oxygen atoms in total. The first kappa shape index (κ1) is 22.8. The van der Waals surface area contributed by atoms with Gasteiger partial charge >= 0.3 is 6.18 Å². The SMILES string of the molecule is CC(NS(=O)(=O)c1ccccc1C1(C2(C(C)CO)NN=CO2)C=NCS1)C(F)(F)F. The normalized spacial score (nSPS) is 28.2. The average Bonchev–Trinajstić information content (AvgIpc) is 3.37. The van der Waals surface area contributed by atoms with Gasteiger partial charge in [-0.15, -0.1) is 16.9 Å². The number of hydrazone groups is 1. The Morgan fingerprint density at radius 2 is 2.07 bits per heavy atom. The van der Waals surface area contributed by atoms with E-state index in [-0.39, 0.29) is 22.9 Å². The molecule has 4 atom stereocenters. The van der Waals surface area contributed by atoms with Crippen LogP contribution in [0.15, 0.2) is 39.3 Å². The highest BCUT2D eigenvalue weighted by Crippen LogP contribution is 2.53. The van der Waals surface area contributed by atoms with Crippen LogP contribution in [0, 0.1) is 5.92 Å². The second-order valence-corrected chi connectivity index (χ2v) is 9.86. The van der Waals surface area contributed by atoms with Gasteiger partial charge in [-0.3, -0.25) is 10.4 Å². The lowest BCUT2D eigenvalue weighted by Crippen LogP contribution is -2.62. The number of sulfonamides is 1. The lowest BCUT2D eigenvalue weighted by Gasteiger charge is -2.45. The molecule has 0 radical (unpaired) electrons. The summed E-state index contributed by atoms with van der Waals surface area (Å²) in [5.74, 6) is -0.332. The monoisotopic (exact) mass is 466 g/mol. The van der Waals surface area contributed by atoms with Gasteiger partial charge in [0.05, 0.1) is 17.4 Å². The number of hydrogen-bond donors (Lipinski definition) is 3. The van der Waals surface area contributed by atoms with Crippen molar-refractivity contribution < 1.29 is 31.4 Å². The highest BCUT2D eigenvalue weighted by Gasteiger charge is 2.61.